The molecule has 5 rings (SSSR count). The fraction of sp³-hybridized carbons (Fsp3) is 0.387. The average molecular weight is 559 g/mol. The number of likely N-dealkylation sites (tertiary alicyclic amines) is 1. The number of hydrogen-bond donors (Lipinski definition) is 2. The smallest absolute Gasteiger partial charge is 0.324 e. The number of nitrogens with one attached hydrogen (secondary N) is 2. The van der Waals surface area contributed by atoms with Crippen LogP contribution in [0.5, 0.6) is 5.75 Å². The van der Waals surface area contributed by atoms with Gasteiger partial charge in [0.15, 0.2) is 17.4 Å². The lowest BCUT2D eigenvalue weighted by atomic mass is 9.93. The molecule has 10 heteroatoms. The molecule has 2 amide bonds. The van der Waals surface area contributed by atoms with Crippen molar-refractivity contribution < 1.29 is 18.4 Å². The number of fused-ring (bicyclic) bond motifs is 1. The molecule has 0 spiro atoms. The number of aromatic nitrogens is 3. The summed E-state index contributed by atoms with van der Waals surface area (Å²) in [6.45, 7) is 9.72. The molecule has 0 atom stereocenters. The number of anilines is 2. The first-order chi connectivity index (χ1) is 19.7. The van der Waals surface area contributed by atoms with E-state index in [4.69, 9.17) is 9.26 Å². The summed E-state index contributed by atoms with van der Waals surface area (Å²) in [5.41, 5.74) is 2.10. The summed E-state index contributed by atoms with van der Waals surface area (Å²) in [6.07, 6.45) is 8.03. The predicted octanol–water partition coefficient (Wildman–Crippen LogP) is 6.06. The normalized spacial score (nSPS) is 14.0. The van der Waals surface area contributed by atoms with E-state index in [-0.39, 0.29) is 11.2 Å². The zero-order valence-corrected chi connectivity index (χ0v) is 23.7. The van der Waals surface area contributed by atoms with E-state index in [0.717, 1.165) is 31.6 Å². The molecule has 9 nitrogen and oxygen atoms in total. The number of urea groups is 1. The van der Waals surface area contributed by atoms with Gasteiger partial charge in [0.1, 0.15) is 17.1 Å². The molecule has 1 fully saturated rings. The zero-order valence-electron chi connectivity index (χ0n) is 23.7. The van der Waals surface area contributed by atoms with Crippen molar-refractivity contribution in [1.82, 2.24) is 19.4 Å². The maximum absolute atomic E-state index is 14.6. The fourth-order valence-electron chi connectivity index (χ4n) is 4.55. The molecule has 0 bridgehead atoms. The molecule has 1 aliphatic heterocycles. The summed E-state index contributed by atoms with van der Waals surface area (Å²) in [6, 6.07) is 9.72. The Labute approximate surface area is 239 Å². The van der Waals surface area contributed by atoms with E-state index >= 15 is 0 Å². The van der Waals surface area contributed by atoms with Gasteiger partial charge in [0, 0.05) is 41.5 Å². The molecule has 41 heavy (non-hydrogen) atoms. The van der Waals surface area contributed by atoms with Crippen molar-refractivity contribution in [2.24, 2.45) is 0 Å². The lowest BCUT2D eigenvalue weighted by Crippen LogP contribution is -2.31. The maximum atomic E-state index is 14.6. The van der Waals surface area contributed by atoms with Gasteiger partial charge in [0.25, 0.3) is 0 Å². The Morgan fingerprint density at radius 1 is 1.07 bits per heavy atom. The van der Waals surface area contributed by atoms with Gasteiger partial charge < -0.3 is 23.9 Å². The van der Waals surface area contributed by atoms with Crippen molar-refractivity contribution in [1.29, 1.82) is 0 Å². The average Bonchev–Trinajstić information content (AvgIpc) is 3.58. The lowest BCUT2D eigenvalue weighted by molar-refractivity contribution is 0.202. The lowest BCUT2D eigenvalue weighted by Gasteiger charge is -2.26. The second-order valence-electron chi connectivity index (χ2n) is 11.2. The first-order valence-corrected chi connectivity index (χ1v) is 13.9. The van der Waals surface area contributed by atoms with Gasteiger partial charge >= 0.3 is 6.03 Å². The van der Waals surface area contributed by atoms with Crippen molar-refractivity contribution in [2.75, 3.05) is 36.9 Å². The zero-order chi connectivity index (χ0) is 28.8. The van der Waals surface area contributed by atoms with Crippen LogP contribution in [0.3, 0.4) is 0 Å². The highest BCUT2D eigenvalue weighted by atomic mass is 19.1. The van der Waals surface area contributed by atoms with Crippen LogP contribution < -0.4 is 15.4 Å². The van der Waals surface area contributed by atoms with E-state index in [0.29, 0.717) is 35.2 Å². The molecule has 1 aromatic carbocycles. The van der Waals surface area contributed by atoms with Crippen LogP contribution in [0.1, 0.15) is 63.5 Å². The SMILES string of the molecule is CC(C)(C)c1cc(NC(=O)Nc2ccc(C#Cc3cn4cc(OCCCN5CCCCC5)c(F)cc4n3)cc2)no1. The molecular formula is C31H35FN6O3. The first kappa shape index (κ1) is 28.2. The summed E-state index contributed by atoms with van der Waals surface area (Å²) in [5.74, 6) is 6.86. The summed E-state index contributed by atoms with van der Waals surface area (Å²) < 4.78 is 27.3. The van der Waals surface area contributed by atoms with E-state index in [2.05, 4.69) is 37.5 Å². The van der Waals surface area contributed by atoms with Crippen LogP contribution in [0.2, 0.25) is 0 Å². The highest BCUT2D eigenvalue weighted by molar-refractivity contribution is 5.99. The van der Waals surface area contributed by atoms with Crippen LogP contribution in [0.15, 0.2) is 53.3 Å². The monoisotopic (exact) mass is 558 g/mol. The van der Waals surface area contributed by atoms with E-state index in [1.165, 1.54) is 25.3 Å². The van der Waals surface area contributed by atoms with Gasteiger partial charge in [-0.25, -0.2) is 14.2 Å². The molecule has 0 aliphatic carbocycles. The van der Waals surface area contributed by atoms with E-state index in [9.17, 15) is 9.18 Å². The van der Waals surface area contributed by atoms with Crippen LogP contribution in [0.4, 0.5) is 20.7 Å². The number of nitrogens with zero attached hydrogens (tertiary/aromatic N) is 4. The number of carbonyl (C=O) groups excluding carboxylic acids is 1. The molecule has 3 aromatic heterocycles. The Morgan fingerprint density at radius 2 is 1.85 bits per heavy atom. The predicted molar refractivity (Wildman–Crippen MR) is 156 cm³/mol. The van der Waals surface area contributed by atoms with Crippen LogP contribution >= 0.6 is 0 Å². The van der Waals surface area contributed by atoms with Crippen molar-refractivity contribution in [3.63, 3.8) is 0 Å². The van der Waals surface area contributed by atoms with E-state index in [1.54, 1.807) is 47.1 Å². The second kappa shape index (κ2) is 12.4. The number of rotatable bonds is 7. The number of piperidine rings is 1. The standard InChI is InChI=1S/C31H35FN6O3/c1-31(2,3)27-19-28(36-41-27)35-30(39)34-23-11-8-22(9-12-23)10-13-24-20-38-21-26(25(32)18-29(38)33-24)40-17-7-16-37-14-5-4-6-15-37/h8-9,11-12,18-21H,4-7,14-17H2,1-3H3,(H2,34,35,36,39). The van der Waals surface area contributed by atoms with Gasteiger partial charge in [-0.15, -0.1) is 0 Å². The van der Waals surface area contributed by atoms with Gasteiger partial charge in [-0.3, -0.25) is 5.32 Å². The first-order valence-electron chi connectivity index (χ1n) is 13.9. The minimum Gasteiger partial charge on any atom is -0.489 e. The van der Waals surface area contributed by atoms with Gasteiger partial charge in [-0.2, -0.15) is 0 Å². The summed E-state index contributed by atoms with van der Waals surface area (Å²) in [5, 5.41) is 9.31. The number of halogens is 1. The number of pyridine rings is 1. The van der Waals surface area contributed by atoms with Gasteiger partial charge in [-0.1, -0.05) is 38.3 Å². The second-order valence-corrected chi connectivity index (χ2v) is 11.2. The molecule has 4 heterocycles. The number of carbonyl (C=O) groups is 1. The number of ether oxygens (including phenoxy) is 1. The van der Waals surface area contributed by atoms with Crippen LogP contribution in [-0.4, -0.2) is 51.7 Å². The third-order valence-corrected chi connectivity index (χ3v) is 6.80. The third-order valence-electron chi connectivity index (χ3n) is 6.80. The summed E-state index contributed by atoms with van der Waals surface area (Å²) >= 11 is 0. The Balaban J connectivity index is 1.14. The Hall–Kier alpha value is -4.36. The Morgan fingerprint density at radius 3 is 2.59 bits per heavy atom. The highest BCUT2D eigenvalue weighted by Crippen LogP contribution is 2.24. The van der Waals surface area contributed by atoms with Gasteiger partial charge in [0.05, 0.1) is 12.8 Å². The largest absolute Gasteiger partial charge is 0.489 e. The van der Waals surface area contributed by atoms with Gasteiger partial charge in [-0.05, 0) is 62.5 Å². The van der Waals surface area contributed by atoms with E-state index < -0.39 is 11.8 Å². The van der Waals surface area contributed by atoms with Crippen molar-refractivity contribution in [2.45, 2.75) is 51.9 Å². The molecule has 214 valence electrons. The fourth-order valence-corrected chi connectivity index (χ4v) is 4.55. The number of benzene rings is 1. The molecule has 0 radical (unpaired) electrons. The molecule has 0 saturated carbocycles. The number of imidazole rings is 1. The Bertz CT molecular complexity index is 1550. The molecular weight excluding hydrogens is 523 g/mol. The highest BCUT2D eigenvalue weighted by Gasteiger charge is 2.20. The minimum atomic E-state index is -0.439. The molecule has 1 aliphatic rings. The molecule has 1 saturated heterocycles. The molecule has 4 aromatic rings. The van der Waals surface area contributed by atoms with Gasteiger partial charge in [0.2, 0.25) is 0 Å². The minimum absolute atomic E-state index is 0.205. The maximum Gasteiger partial charge on any atom is 0.324 e. The van der Waals surface area contributed by atoms with Crippen LogP contribution in [-0.2, 0) is 5.41 Å². The summed E-state index contributed by atoms with van der Waals surface area (Å²) in [7, 11) is 0. The quantitative estimate of drug-likeness (QED) is 0.212. The topological polar surface area (TPSA) is 96.9 Å². The van der Waals surface area contributed by atoms with Crippen LogP contribution in [0.25, 0.3) is 5.65 Å². The van der Waals surface area contributed by atoms with Crippen molar-refractivity contribution in [3.05, 3.63) is 71.6 Å². The molecule has 2 N–H and O–H groups in total. The van der Waals surface area contributed by atoms with Crippen molar-refractivity contribution >= 4 is 23.2 Å². The molecule has 0 unspecified atom stereocenters. The van der Waals surface area contributed by atoms with Crippen LogP contribution in [0, 0.1) is 17.7 Å². The third kappa shape index (κ3) is 7.64. The summed E-state index contributed by atoms with van der Waals surface area (Å²) in [4.78, 5) is 19.2. The Kier molecular flexibility index (Phi) is 8.55. The van der Waals surface area contributed by atoms with E-state index in [1.807, 2.05) is 20.8 Å². The van der Waals surface area contributed by atoms with Crippen molar-refractivity contribution in [3.8, 4) is 17.6 Å². The number of amides is 2. The number of hydrogen-bond acceptors (Lipinski definition) is 6.